The summed E-state index contributed by atoms with van der Waals surface area (Å²) in [7, 11) is 0. The maximum atomic E-state index is 5.08. The molecule has 0 fully saturated rings. The molecule has 0 radical (unpaired) electrons. The number of hydrogen-bond acceptors (Lipinski definition) is 2. The minimum atomic E-state index is 0.457. The van der Waals surface area contributed by atoms with Crippen LogP contribution in [-0.4, -0.2) is 17.5 Å². The van der Waals surface area contributed by atoms with Gasteiger partial charge in [0.2, 0.25) is 0 Å². The molecule has 1 aromatic heterocycles. The van der Waals surface area contributed by atoms with Crippen LogP contribution in [0.1, 0.15) is 12.5 Å². The molecule has 60 heavy (non-hydrogen) atoms. The van der Waals surface area contributed by atoms with Crippen molar-refractivity contribution < 1.29 is 0 Å². The Morgan fingerprint density at radius 3 is 1.87 bits per heavy atom. The highest BCUT2D eigenvalue weighted by Crippen LogP contribution is 2.41. The molecule has 0 atom stereocenters. The van der Waals surface area contributed by atoms with E-state index in [1.54, 1.807) is 0 Å². The van der Waals surface area contributed by atoms with Crippen LogP contribution in [0, 0.1) is 0 Å². The molecule has 0 saturated carbocycles. The van der Waals surface area contributed by atoms with Crippen molar-refractivity contribution >= 4 is 66.5 Å². The van der Waals surface area contributed by atoms with E-state index in [9.17, 15) is 0 Å². The SMILES string of the molecule is C/C=C(\C=N/CN(c1cccc(-c2ccccc2-c2ccc3c4ccccc4n(-c4cccc5ccccc45)c3c2)c1)c1cccc2ccccc12)c1ccccc1.C=C. The number of aliphatic imine (C=N–C) groups is 1. The topological polar surface area (TPSA) is 20.5 Å². The van der Waals surface area contributed by atoms with Crippen molar-refractivity contribution in [3.63, 3.8) is 0 Å². The van der Waals surface area contributed by atoms with Gasteiger partial charge in [-0.3, -0.25) is 4.99 Å². The normalized spacial score (nSPS) is 11.7. The standard InChI is InChI=1S/C55H41N3.C2H4/c1-2-39(40-17-4-3-5-18-40)37-56-38-57(52-31-15-21-41-19-6-8-27-48(41)52)45-24-14-23-43(35-45)46-25-10-11-26-47(46)44-33-34-51-50-29-12-13-30-54(50)58(55(51)36-44)53-32-16-22-42-20-7-9-28-49(42)53;1-2/h2-37H,38H2,1H3;1-2H2/b39-2+,56-37-;. The van der Waals surface area contributed by atoms with Crippen LogP contribution in [0.15, 0.2) is 230 Å². The van der Waals surface area contributed by atoms with Crippen molar-refractivity contribution in [2.24, 2.45) is 4.99 Å². The second kappa shape index (κ2) is 17.0. The number of benzene rings is 9. The van der Waals surface area contributed by atoms with Gasteiger partial charge >= 0.3 is 0 Å². The van der Waals surface area contributed by atoms with Crippen molar-refractivity contribution in [3.05, 3.63) is 231 Å². The average Bonchev–Trinajstić information content (AvgIpc) is 3.66. The molecular formula is C57H45N3. The van der Waals surface area contributed by atoms with Gasteiger partial charge in [-0.2, -0.15) is 0 Å². The molecular weight excluding hydrogens is 727 g/mol. The van der Waals surface area contributed by atoms with E-state index < -0.39 is 0 Å². The third-order valence-electron chi connectivity index (χ3n) is 11.3. The van der Waals surface area contributed by atoms with Gasteiger partial charge in [-0.05, 0) is 87.5 Å². The number of anilines is 2. The molecule has 0 unspecified atom stereocenters. The summed E-state index contributed by atoms with van der Waals surface area (Å²) in [6.07, 6.45) is 4.12. The van der Waals surface area contributed by atoms with Gasteiger partial charge in [0.05, 0.1) is 22.4 Å². The highest BCUT2D eigenvalue weighted by Gasteiger charge is 2.18. The molecule has 0 amide bonds. The minimum absolute atomic E-state index is 0.457. The quantitative estimate of drug-likeness (QED) is 0.106. The van der Waals surface area contributed by atoms with Gasteiger partial charge in [0.25, 0.3) is 0 Å². The van der Waals surface area contributed by atoms with Crippen molar-refractivity contribution in [3.8, 4) is 27.9 Å². The first-order chi connectivity index (χ1) is 29.7. The van der Waals surface area contributed by atoms with E-state index in [1.807, 2.05) is 12.3 Å². The predicted octanol–water partition coefficient (Wildman–Crippen LogP) is 15.5. The minimum Gasteiger partial charge on any atom is -0.321 e. The first-order valence-electron chi connectivity index (χ1n) is 20.4. The lowest BCUT2D eigenvalue weighted by atomic mass is 9.93. The molecule has 0 bridgehead atoms. The van der Waals surface area contributed by atoms with Gasteiger partial charge in [-0.1, -0.05) is 176 Å². The largest absolute Gasteiger partial charge is 0.321 e. The molecule has 0 spiro atoms. The Balaban J connectivity index is 0.00000228. The van der Waals surface area contributed by atoms with Gasteiger partial charge in [0.1, 0.15) is 6.67 Å². The zero-order chi connectivity index (χ0) is 40.8. The lowest BCUT2D eigenvalue weighted by Gasteiger charge is -2.25. The Labute approximate surface area is 352 Å². The summed E-state index contributed by atoms with van der Waals surface area (Å²) in [6.45, 7) is 8.53. The number of hydrogen-bond donors (Lipinski definition) is 0. The smallest absolute Gasteiger partial charge is 0.114 e. The zero-order valence-corrected chi connectivity index (χ0v) is 33.7. The molecule has 9 aromatic carbocycles. The average molecular weight is 772 g/mol. The van der Waals surface area contributed by atoms with E-state index in [1.165, 1.54) is 65.7 Å². The van der Waals surface area contributed by atoms with Crippen molar-refractivity contribution in [2.45, 2.75) is 6.92 Å². The van der Waals surface area contributed by atoms with E-state index in [0.29, 0.717) is 6.67 Å². The van der Waals surface area contributed by atoms with Gasteiger partial charge in [0, 0.05) is 33.4 Å². The first kappa shape index (κ1) is 37.8. The second-order valence-corrected chi connectivity index (χ2v) is 14.7. The lowest BCUT2D eigenvalue weighted by molar-refractivity contribution is 0.993. The van der Waals surface area contributed by atoms with Crippen molar-refractivity contribution in [1.29, 1.82) is 0 Å². The van der Waals surface area contributed by atoms with Crippen molar-refractivity contribution in [1.82, 2.24) is 4.57 Å². The number of allylic oxidation sites excluding steroid dienone is 2. The molecule has 0 aliphatic carbocycles. The summed E-state index contributed by atoms with van der Waals surface area (Å²) in [5, 5.41) is 7.35. The van der Waals surface area contributed by atoms with Gasteiger partial charge < -0.3 is 9.47 Å². The molecule has 3 nitrogen and oxygen atoms in total. The summed E-state index contributed by atoms with van der Waals surface area (Å²) in [6, 6.07) is 74.3. The zero-order valence-electron chi connectivity index (χ0n) is 33.7. The Hall–Kier alpha value is -7.75. The van der Waals surface area contributed by atoms with E-state index in [2.05, 4.69) is 236 Å². The predicted molar refractivity (Wildman–Crippen MR) is 260 cm³/mol. The van der Waals surface area contributed by atoms with Crippen LogP contribution >= 0.6 is 0 Å². The maximum Gasteiger partial charge on any atom is 0.114 e. The van der Waals surface area contributed by atoms with E-state index >= 15 is 0 Å². The molecule has 1 heterocycles. The molecule has 288 valence electrons. The highest BCUT2D eigenvalue weighted by molar-refractivity contribution is 6.12. The fourth-order valence-electron chi connectivity index (χ4n) is 8.54. The second-order valence-electron chi connectivity index (χ2n) is 14.7. The van der Waals surface area contributed by atoms with E-state index in [4.69, 9.17) is 4.99 Å². The number of para-hydroxylation sites is 1. The Morgan fingerprint density at radius 2 is 1.10 bits per heavy atom. The van der Waals surface area contributed by atoms with Gasteiger partial charge in [-0.15, -0.1) is 13.2 Å². The fourth-order valence-corrected chi connectivity index (χ4v) is 8.54. The summed E-state index contributed by atoms with van der Waals surface area (Å²) in [5.74, 6) is 0. The van der Waals surface area contributed by atoms with E-state index in [-0.39, 0.29) is 0 Å². The van der Waals surface area contributed by atoms with Gasteiger partial charge in [-0.25, -0.2) is 0 Å². The highest BCUT2D eigenvalue weighted by atomic mass is 15.2. The van der Waals surface area contributed by atoms with Crippen LogP contribution in [0.3, 0.4) is 0 Å². The summed E-state index contributed by atoms with van der Waals surface area (Å²) >= 11 is 0. The lowest BCUT2D eigenvalue weighted by Crippen LogP contribution is -2.17. The number of fused-ring (bicyclic) bond motifs is 5. The van der Waals surface area contributed by atoms with Crippen LogP contribution in [0.4, 0.5) is 11.4 Å². The first-order valence-corrected chi connectivity index (χ1v) is 20.4. The molecule has 3 heteroatoms. The maximum absolute atomic E-state index is 5.08. The van der Waals surface area contributed by atoms with Crippen LogP contribution in [0.5, 0.6) is 0 Å². The molecule has 0 aliphatic heterocycles. The summed E-state index contributed by atoms with van der Waals surface area (Å²) in [5.41, 5.74) is 12.7. The molecule has 10 aromatic rings. The monoisotopic (exact) mass is 771 g/mol. The molecule has 10 rings (SSSR count). The van der Waals surface area contributed by atoms with Crippen LogP contribution in [0.2, 0.25) is 0 Å². The Morgan fingerprint density at radius 1 is 0.517 bits per heavy atom. The van der Waals surface area contributed by atoms with Crippen LogP contribution in [-0.2, 0) is 0 Å². The fraction of sp³-hybridized carbons (Fsp3) is 0.0351. The summed E-state index contributed by atoms with van der Waals surface area (Å²) < 4.78 is 2.44. The van der Waals surface area contributed by atoms with Crippen molar-refractivity contribution in [2.75, 3.05) is 11.6 Å². The summed E-state index contributed by atoms with van der Waals surface area (Å²) in [4.78, 5) is 7.41. The molecule has 0 N–H and O–H groups in total. The third-order valence-corrected chi connectivity index (χ3v) is 11.3. The number of rotatable bonds is 9. The number of nitrogens with zero attached hydrogens (tertiary/aromatic N) is 3. The molecule has 0 saturated heterocycles. The Bertz CT molecular complexity index is 3180. The Kier molecular flexibility index (Phi) is 10.7. The van der Waals surface area contributed by atoms with Crippen LogP contribution < -0.4 is 4.90 Å². The third kappa shape index (κ3) is 7.08. The van der Waals surface area contributed by atoms with E-state index in [0.717, 1.165) is 28.1 Å². The molecule has 0 aliphatic rings. The van der Waals surface area contributed by atoms with Gasteiger partial charge in [0.15, 0.2) is 0 Å². The van der Waals surface area contributed by atoms with Crippen LogP contribution in [0.25, 0.3) is 76.9 Å². The number of aromatic nitrogens is 1.